The van der Waals surface area contributed by atoms with Crippen LogP contribution in [-0.4, -0.2) is 22.3 Å². The second-order valence-electron chi connectivity index (χ2n) is 5.54. The van der Waals surface area contributed by atoms with Crippen LogP contribution in [0.4, 0.5) is 27.6 Å². The van der Waals surface area contributed by atoms with E-state index in [0.29, 0.717) is 0 Å². The largest absolute Gasteiger partial charge is 0.435 e. The molecule has 1 N–H and O–H groups in total. The van der Waals surface area contributed by atoms with E-state index in [9.17, 15) is 26.7 Å². The first kappa shape index (κ1) is 19.3. The summed E-state index contributed by atoms with van der Waals surface area (Å²) < 4.78 is 69.3. The molecule has 1 aromatic heterocycles. The minimum atomic E-state index is -4.62. The number of nitrogens with one attached hydrogen (secondary N) is 1. The van der Waals surface area contributed by atoms with Gasteiger partial charge in [0.1, 0.15) is 5.75 Å². The van der Waals surface area contributed by atoms with Gasteiger partial charge in [0.15, 0.2) is 0 Å². The third-order valence-electron chi connectivity index (χ3n) is 3.64. The molecule has 0 bridgehead atoms. The van der Waals surface area contributed by atoms with Crippen LogP contribution in [0.1, 0.15) is 15.9 Å². The smallest absolute Gasteiger partial charge is 0.416 e. The quantitative estimate of drug-likeness (QED) is 0.633. The highest BCUT2D eigenvalue weighted by Gasteiger charge is 2.31. The van der Waals surface area contributed by atoms with Crippen LogP contribution in [0.15, 0.2) is 60.9 Å². The van der Waals surface area contributed by atoms with E-state index in [1.165, 1.54) is 41.3 Å². The third-order valence-corrected chi connectivity index (χ3v) is 3.64. The molecule has 1 heterocycles. The van der Waals surface area contributed by atoms with E-state index < -0.39 is 24.3 Å². The van der Waals surface area contributed by atoms with Gasteiger partial charge in [0.2, 0.25) is 0 Å². The molecule has 0 aliphatic heterocycles. The van der Waals surface area contributed by atoms with Gasteiger partial charge in [-0.2, -0.15) is 27.1 Å². The first-order valence-electron chi connectivity index (χ1n) is 7.81. The number of carbonyl (C=O) groups is 1. The molecule has 0 saturated heterocycles. The van der Waals surface area contributed by atoms with Crippen LogP contribution in [0.25, 0.3) is 5.69 Å². The molecule has 0 fully saturated rings. The van der Waals surface area contributed by atoms with Crippen LogP contribution in [0.5, 0.6) is 5.75 Å². The maximum atomic E-state index is 13.1. The summed E-state index contributed by atoms with van der Waals surface area (Å²) in [4.78, 5) is 12.5. The number of hydrogen-bond donors (Lipinski definition) is 1. The van der Waals surface area contributed by atoms with Crippen molar-refractivity contribution in [3.8, 4) is 11.4 Å². The van der Waals surface area contributed by atoms with Gasteiger partial charge in [0.05, 0.1) is 16.9 Å². The fourth-order valence-corrected chi connectivity index (χ4v) is 2.43. The average molecular weight is 397 g/mol. The monoisotopic (exact) mass is 397 g/mol. The van der Waals surface area contributed by atoms with Crippen molar-refractivity contribution in [2.24, 2.45) is 0 Å². The summed E-state index contributed by atoms with van der Waals surface area (Å²) in [5.41, 5.74) is -0.981. The third kappa shape index (κ3) is 4.45. The Labute approximate surface area is 155 Å². The number of carbonyl (C=O) groups excluding carboxylic acids is 1. The zero-order chi connectivity index (χ0) is 20.3. The van der Waals surface area contributed by atoms with E-state index in [0.717, 1.165) is 18.2 Å². The van der Waals surface area contributed by atoms with Crippen LogP contribution in [-0.2, 0) is 6.18 Å². The van der Waals surface area contributed by atoms with Crippen molar-refractivity contribution in [1.29, 1.82) is 0 Å². The maximum Gasteiger partial charge on any atom is 0.416 e. The summed E-state index contributed by atoms with van der Waals surface area (Å²) in [5.74, 6) is -1.05. The molecule has 0 saturated carbocycles. The molecule has 3 rings (SSSR count). The molecular formula is C18H12F5N3O2. The van der Waals surface area contributed by atoms with Crippen molar-refractivity contribution in [1.82, 2.24) is 9.78 Å². The lowest BCUT2D eigenvalue weighted by atomic mass is 10.1. The number of alkyl halides is 5. The number of ether oxygens (including phenoxy) is 1. The van der Waals surface area contributed by atoms with E-state index in [1.54, 1.807) is 6.07 Å². The highest BCUT2D eigenvalue weighted by molar-refractivity contribution is 6.05. The summed E-state index contributed by atoms with van der Waals surface area (Å²) in [6, 6.07) is 9.28. The summed E-state index contributed by atoms with van der Waals surface area (Å²) >= 11 is 0. The van der Waals surface area contributed by atoms with Gasteiger partial charge in [-0.1, -0.05) is 6.07 Å². The highest BCUT2D eigenvalue weighted by atomic mass is 19.4. The van der Waals surface area contributed by atoms with Gasteiger partial charge in [0, 0.05) is 18.0 Å². The lowest BCUT2D eigenvalue weighted by Gasteiger charge is -2.15. The SMILES string of the molecule is O=C(Nc1cc(C(F)(F)F)ccc1-n1cccn1)c1cccc(OC(F)F)c1. The second-order valence-corrected chi connectivity index (χ2v) is 5.54. The minimum Gasteiger partial charge on any atom is -0.435 e. The molecule has 0 unspecified atom stereocenters. The fraction of sp³-hybridized carbons (Fsp3) is 0.111. The van der Waals surface area contributed by atoms with Gasteiger partial charge in [-0.05, 0) is 42.5 Å². The number of hydrogen-bond acceptors (Lipinski definition) is 3. The molecule has 0 spiro atoms. The summed E-state index contributed by atoms with van der Waals surface area (Å²) in [5, 5.41) is 6.31. The molecule has 10 heteroatoms. The first-order chi connectivity index (χ1) is 13.2. The van der Waals surface area contributed by atoms with Gasteiger partial charge in [-0.15, -0.1) is 0 Å². The number of halogens is 5. The van der Waals surface area contributed by atoms with Crippen molar-refractivity contribution < 1.29 is 31.5 Å². The van der Waals surface area contributed by atoms with E-state index in [1.807, 2.05) is 0 Å². The number of amides is 1. The zero-order valence-corrected chi connectivity index (χ0v) is 14.0. The molecule has 0 atom stereocenters. The molecule has 146 valence electrons. The van der Waals surface area contributed by atoms with Gasteiger partial charge in [0.25, 0.3) is 5.91 Å². The molecule has 3 aromatic rings. The molecule has 28 heavy (non-hydrogen) atoms. The Balaban J connectivity index is 1.95. The van der Waals surface area contributed by atoms with Crippen LogP contribution in [0, 0.1) is 0 Å². The first-order valence-corrected chi connectivity index (χ1v) is 7.81. The van der Waals surface area contributed by atoms with E-state index >= 15 is 0 Å². The summed E-state index contributed by atoms with van der Waals surface area (Å²) in [7, 11) is 0. The Morgan fingerprint density at radius 2 is 1.89 bits per heavy atom. The Hall–Kier alpha value is -3.43. The Kier molecular flexibility index (Phi) is 5.30. The Bertz CT molecular complexity index is 972. The van der Waals surface area contributed by atoms with Crippen molar-refractivity contribution >= 4 is 11.6 Å². The Morgan fingerprint density at radius 1 is 1.11 bits per heavy atom. The number of aromatic nitrogens is 2. The van der Waals surface area contributed by atoms with Gasteiger partial charge in [-0.3, -0.25) is 4.79 Å². The predicted octanol–water partition coefficient (Wildman–Crippen LogP) is 4.74. The zero-order valence-electron chi connectivity index (χ0n) is 14.0. The van der Waals surface area contributed by atoms with Crippen LogP contribution in [0.2, 0.25) is 0 Å². The topological polar surface area (TPSA) is 56.2 Å². The maximum absolute atomic E-state index is 13.1. The van der Waals surface area contributed by atoms with E-state index in [-0.39, 0.29) is 22.7 Å². The average Bonchev–Trinajstić information content (AvgIpc) is 3.15. The molecule has 0 aliphatic carbocycles. The lowest BCUT2D eigenvalue weighted by Crippen LogP contribution is -2.16. The molecule has 0 aliphatic rings. The molecular weight excluding hydrogens is 385 g/mol. The number of nitrogens with zero attached hydrogens (tertiary/aromatic N) is 2. The van der Waals surface area contributed by atoms with E-state index in [4.69, 9.17) is 0 Å². The van der Waals surface area contributed by atoms with Gasteiger partial charge in [-0.25, -0.2) is 4.68 Å². The highest BCUT2D eigenvalue weighted by Crippen LogP contribution is 2.33. The van der Waals surface area contributed by atoms with Crippen molar-refractivity contribution in [3.63, 3.8) is 0 Å². The van der Waals surface area contributed by atoms with E-state index in [2.05, 4.69) is 15.2 Å². The van der Waals surface area contributed by atoms with Gasteiger partial charge >= 0.3 is 12.8 Å². The molecule has 1 amide bonds. The van der Waals surface area contributed by atoms with Crippen molar-refractivity contribution in [2.75, 3.05) is 5.32 Å². The van der Waals surface area contributed by atoms with Crippen molar-refractivity contribution in [3.05, 3.63) is 72.1 Å². The van der Waals surface area contributed by atoms with Crippen LogP contribution < -0.4 is 10.1 Å². The fourth-order valence-electron chi connectivity index (χ4n) is 2.43. The Morgan fingerprint density at radius 3 is 2.54 bits per heavy atom. The van der Waals surface area contributed by atoms with Crippen LogP contribution in [0.3, 0.4) is 0 Å². The van der Waals surface area contributed by atoms with Crippen molar-refractivity contribution in [2.45, 2.75) is 12.8 Å². The molecule has 0 radical (unpaired) electrons. The second kappa shape index (κ2) is 7.67. The molecule has 2 aromatic carbocycles. The minimum absolute atomic E-state index is 0.0676. The number of benzene rings is 2. The normalized spacial score (nSPS) is 11.5. The standard InChI is InChI=1S/C18H12F5N3O2/c19-17(20)28-13-4-1-3-11(9-13)16(27)25-14-10-12(18(21,22)23)5-6-15(14)26-8-2-7-24-26/h1-10,17H,(H,25,27). The number of rotatable bonds is 5. The van der Waals surface area contributed by atoms with Gasteiger partial charge < -0.3 is 10.1 Å². The summed E-state index contributed by atoms with van der Waals surface area (Å²) in [6.07, 6.45) is -1.70. The predicted molar refractivity (Wildman–Crippen MR) is 89.6 cm³/mol. The molecule has 5 nitrogen and oxygen atoms in total. The number of anilines is 1. The summed E-state index contributed by atoms with van der Waals surface area (Å²) in [6.45, 7) is -3.08. The van der Waals surface area contributed by atoms with Crippen LogP contribution >= 0.6 is 0 Å². The lowest BCUT2D eigenvalue weighted by molar-refractivity contribution is -0.137.